The number of ether oxygens (including phenoxy) is 2. The lowest BCUT2D eigenvalue weighted by Crippen LogP contribution is -1.98. The normalized spacial score (nSPS) is 10.8. The Hall–Kier alpha value is -2.75. The minimum Gasteiger partial charge on any atom is -0.494 e. The molecule has 2 aromatic carbocycles. The standard InChI is InChI=1S/C22H26N2O2/c1-6-16-12-19-17(13-22(16)25-7-2)20(8-9-24-19)26-21-11-14(3)18(23-5)10-15(21)4/h8-13,23H,6-7H2,1-5H3. The zero-order chi connectivity index (χ0) is 18.7. The average Bonchev–Trinajstić information content (AvgIpc) is 2.64. The monoisotopic (exact) mass is 350 g/mol. The molecule has 3 aromatic rings. The first-order valence-corrected chi connectivity index (χ1v) is 9.08. The van der Waals surface area contributed by atoms with Crippen LogP contribution in [0.2, 0.25) is 0 Å². The Kier molecular flexibility index (Phi) is 5.31. The molecule has 0 spiro atoms. The van der Waals surface area contributed by atoms with E-state index in [1.807, 2.05) is 26.1 Å². The lowest BCUT2D eigenvalue weighted by Gasteiger charge is -2.16. The summed E-state index contributed by atoms with van der Waals surface area (Å²) in [6.45, 7) is 8.89. The maximum absolute atomic E-state index is 6.29. The van der Waals surface area contributed by atoms with Gasteiger partial charge in [-0.25, -0.2) is 0 Å². The van der Waals surface area contributed by atoms with Gasteiger partial charge in [0.25, 0.3) is 0 Å². The molecular weight excluding hydrogens is 324 g/mol. The Bertz CT molecular complexity index is 935. The Labute approximate surface area is 155 Å². The summed E-state index contributed by atoms with van der Waals surface area (Å²) in [4.78, 5) is 4.52. The SMILES string of the molecule is CCOc1cc2c(Oc3cc(C)c(NC)cc3C)ccnc2cc1CC. The molecule has 0 unspecified atom stereocenters. The number of anilines is 1. The van der Waals surface area contributed by atoms with Gasteiger partial charge in [0, 0.05) is 24.3 Å². The van der Waals surface area contributed by atoms with Crippen molar-refractivity contribution < 1.29 is 9.47 Å². The van der Waals surface area contributed by atoms with Gasteiger partial charge >= 0.3 is 0 Å². The van der Waals surface area contributed by atoms with Crippen molar-refractivity contribution in [1.82, 2.24) is 4.98 Å². The largest absolute Gasteiger partial charge is 0.494 e. The van der Waals surface area contributed by atoms with Gasteiger partial charge in [0.2, 0.25) is 0 Å². The Morgan fingerprint density at radius 3 is 2.46 bits per heavy atom. The highest BCUT2D eigenvalue weighted by Crippen LogP contribution is 2.36. The predicted molar refractivity (Wildman–Crippen MR) is 108 cm³/mol. The first kappa shape index (κ1) is 18.1. The molecule has 3 rings (SSSR count). The van der Waals surface area contributed by atoms with Crippen LogP contribution in [0.3, 0.4) is 0 Å². The number of pyridine rings is 1. The number of hydrogen-bond donors (Lipinski definition) is 1. The van der Waals surface area contributed by atoms with E-state index in [9.17, 15) is 0 Å². The summed E-state index contributed by atoms with van der Waals surface area (Å²) in [5.74, 6) is 2.55. The second kappa shape index (κ2) is 7.65. The summed E-state index contributed by atoms with van der Waals surface area (Å²) < 4.78 is 12.1. The zero-order valence-corrected chi connectivity index (χ0v) is 16.1. The molecule has 0 radical (unpaired) electrons. The van der Waals surface area contributed by atoms with Crippen LogP contribution in [-0.2, 0) is 6.42 Å². The van der Waals surface area contributed by atoms with Crippen LogP contribution in [0, 0.1) is 13.8 Å². The number of aryl methyl sites for hydroxylation is 3. The van der Waals surface area contributed by atoms with Crippen LogP contribution < -0.4 is 14.8 Å². The molecule has 0 saturated carbocycles. The number of fused-ring (bicyclic) bond motifs is 1. The van der Waals surface area contributed by atoms with Crippen LogP contribution in [0.5, 0.6) is 17.2 Å². The third-order valence-corrected chi connectivity index (χ3v) is 4.58. The molecule has 0 aliphatic heterocycles. The van der Waals surface area contributed by atoms with Crippen LogP contribution in [0.15, 0.2) is 36.5 Å². The molecule has 0 aliphatic rings. The topological polar surface area (TPSA) is 43.4 Å². The molecule has 0 fully saturated rings. The van der Waals surface area contributed by atoms with Crippen molar-refractivity contribution in [3.8, 4) is 17.2 Å². The van der Waals surface area contributed by atoms with Crippen LogP contribution in [0.1, 0.15) is 30.5 Å². The van der Waals surface area contributed by atoms with Crippen LogP contribution in [-0.4, -0.2) is 18.6 Å². The summed E-state index contributed by atoms with van der Waals surface area (Å²) in [7, 11) is 1.93. The minimum atomic E-state index is 0.638. The lowest BCUT2D eigenvalue weighted by molar-refractivity contribution is 0.337. The molecule has 0 bridgehead atoms. The molecule has 4 nitrogen and oxygen atoms in total. The van der Waals surface area contributed by atoms with Crippen LogP contribution in [0.25, 0.3) is 10.9 Å². The molecule has 0 amide bonds. The highest BCUT2D eigenvalue weighted by atomic mass is 16.5. The van der Waals surface area contributed by atoms with Crippen LogP contribution >= 0.6 is 0 Å². The maximum Gasteiger partial charge on any atom is 0.138 e. The number of rotatable bonds is 6. The van der Waals surface area contributed by atoms with E-state index in [0.29, 0.717) is 6.61 Å². The van der Waals surface area contributed by atoms with Crippen LogP contribution in [0.4, 0.5) is 5.69 Å². The van der Waals surface area contributed by atoms with Crippen molar-refractivity contribution in [2.24, 2.45) is 0 Å². The van der Waals surface area contributed by atoms with Gasteiger partial charge in [-0.2, -0.15) is 0 Å². The number of benzene rings is 2. The fraction of sp³-hybridized carbons (Fsp3) is 0.318. The van der Waals surface area contributed by atoms with E-state index in [-0.39, 0.29) is 0 Å². The van der Waals surface area contributed by atoms with E-state index in [1.54, 1.807) is 6.20 Å². The number of nitrogens with zero attached hydrogens (tertiary/aromatic N) is 1. The Morgan fingerprint density at radius 1 is 0.962 bits per heavy atom. The quantitative estimate of drug-likeness (QED) is 0.624. The van der Waals surface area contributed by atoms with Gasteiger partial charge in [0.1, 0.15) is 17.2 Å². The van der Waals surface area contributed by atoms with Gasteiger partial charge in [0.15, 0.2) is 0 Å². The Morgan fingerprint density at radius 2 is 1.77 bits per heavy atom. The fourth-order valence-corrected chi connectivity index (χ4v) is 3.13. The second-order valence-corrected chi connectivity index (χ2v) is 6.36. The first-order valence-electron chi connectivity index (χ1n) is 9.08. The Balaban J connectivity index is 2.08. The van der Waals surface area contributed by atoms with E-state index >= 15 is 0 Å². The summed E-state index contributed by atoms with van der Waals surface area (Å²) in [6, 6.07) is 10.2. The van der Waals surface area contributed by atoms with Gasteiger partial charge in [0.05, 0.1) is 12.1 Å². The van der Waals surface area contributed by atoms with E-state index in [2.05, 4.69) is 49.3 Å². The van der Waals surface area contributed by atoms with E-state index in [4.69, 9.17) is 9.47 Å². The average molecular weight is 350 g/mol. The predicted octanol–water partition coefficient (Wildman–Crippen LogP) is 5.65. The maximum atomic E-state index is 6.29. The molecule has 0 aliphatic carbocycles. The molecule has 1 heterocycles. The van der Waals surface area contributed by atoms with Crippen molar-refractivity contribution in [1.29, 1.82) is 0 Å². The second-order valence-electron chi connectivity index (χ2n) is 6.36. The molecular formula is C22H26N2O2. The third-order valence-electron chi connectivity index (χ3n) is 4.58. The highest BCUT2D eigenvalue weighted by molar-refractivity contribution is 5.87. The van der Waals surface area contributed by atoms with Gasteiger partial charge in [-0.3, -0.25) is 4.98 Å². The zero-order valence-electron chi connectivity index (χ0n) is 16.1. The summed E-state index contributed by atoms with van der Waals surface area (Å²) in [5, 5.41) is 4.17. The van der Waals surface area contributed by atoms with Gasteiger partial charge in [-0.15, -0.1) is 0 Å². The van der Waals surface area contributed by atoms with Crippen molar-refractivity contribution >= 4 is 16.6 Å². The lowest BCUT2D eigenvalue weighted by atomic mass is 10.1. The van der Waals surface area contributed by atoms with Crippen molar-refractivity contribution in [3.63, 3.8) is 0 Å². The van der Waals surface area contributed by atoms with Gasteiger partial charge in [-0.1, -0.05) is 6.92 Å². The highest BCUT2D eigenvalue weighted by Gasteiger charge is 2.12. The molecule has 1 aromatic heterocycles. The first-order chi connectivity index (χ1) is 12.6. The summed E-state index contributed by atoms with van der Waals surface area (Å²) >= 11 is 0. The third kappa shape index (κ3) is 3.45. The fourth-order valence-electron chi connectivity index (χ4n) is 3.13. The van der Waals surface area contributed by atoms with Gasteiger partial charge in [-0.05, 0) is 74.2 Å². The smallest absolute Gasteiger partial charge is 0.138 e. The number of hydrogen-bond acceptors (Lipinski definition) is 4. The minimum absolute atomic E-state index is 0.638. The van der Waals surface area contributed by atoms with Crippen molar-refractivity contribution in [2.75, 3.05) is 19.0 Å². The van der Waals surface area contributed by atoms with Gasteiger partial charge < -0.3 is 14.8 Å². The van der Waals surface area contributed by atoms with Crippen molar-refractivity contribution in [2.45, 2.75) is 34.1 Å². The summed E-state index contributed by atoms with van der Waals surface area (Å²) in [5.41, 5.74) is 5.42. The molecule has 26 heavy (non-hydrogen) atoms. The van der Waals surface area contributed by atoms with E-state index in [1.165, 1.54) is 0 Å². The number of aromatic nitrogens is 1. The molecule has 1 N–H and O–H groups in total. The molecule has 0 saturated heterocycles. The molecule has 4 heteroatoms. The van der Waals surface area contributed by atoms with Crippen molar-refractivity contribution in [3.05, 3.63) is 53.2 Å². The van der Waals surface area contributed by atoms with E-state index < -0.39 is 0 Å². The summed E-state index contributed by atoms with van der Waals surface area (Å²) in [6.07, 6.45) is 2.70. The van der Waals surface area contributed by atoms with E-state index in [0.717, 1.165) is 57.0 Å². The number of nitrogens with one attached hydrogen (secondary N) is 1. The molecule has 136 valence electrons. The molecule has 0 atom stereocenters.